The minimum absolute atomic E-state index is 0.100. The number of alkyl halides is 3. The van der Waals surface area contributed by atoms with Gasteiger partial charge in [-0.15, -0.1) is 0 Å². The normalized spacial score (nSPS) is 11.2. The van der Waals surface area contributed by atoms with Crippen LogP contribution in [0.15, 0.2) is 48.5 Å². The van der Waals surface area contributed by atoms with E-state index in [-0.39, 0.29) is 28.4 Å². The zero-order valence-corrected chi connectivity index (χ0v) is 17.1. The largest absolute Gasteiger partial charge is 0.496 e. The fourth-order valence-corrected chi connectivity index (χ4v) is 3.04. The van der Waals surface area contributed by atoms with Crippen LogP contribution in [0.3, 0.4) is 0 Å². The van der Waals surface area contributed by atoms with Crippen LogP contribution < -0.4 is 21.5 Å². The number of nitrogens with two attached hydrogens (primary N) is 2. The maximum atomic E-state index is 12.8. The second-order valence-electron chi connectivity index (χ2n) is 6.77. The summed E-state index contributed by atoms with van der Waals surface area (Å²) < 4.78 is 43.5. The Hall–Kier alpha value is -4.35. The van der Waals surface area contributed by atoms with Crippen molar-refractivity contribution in [3.05, 3.63) is 65.2 Å². The SMILES string of the molecule is COc1ccccc1C(=O)NCc1ccc(-c2nn(C(=O)C(F)(F)F)c(N)c2C(N)=O)cc1. The predicted molar refractivity (Wildman–Crippen MR) is 111 cm³/mol. The van der Waals surface area contributed by atoms with Gasteiger partial charge in [0.15, 0.2) is 0 Å². The molecular weight excluding hydrogens is 443 g/mol. The van der Waals surface area contributed by atoms with E-state index in [9.17, 15) is 27.6 Å². The first kappa shape index (κ1) is 23.3. The summed E-state index contributed by atoms with van der Waals surface area (Å²) in [7, 11) is 1.45. The van der Waals surface area contributed by atoms with Gasteiger partial charge in [0.25, 0.3) is 11.8 Å². The first-order valence-corrected chi connectivity index (χ1v) is 9.35. The van der Waals surface area contributed by atoms with E-state index in [1.165, 1.54) is 19.2 Å². The summed E-state index contributed by atoms with van der Waals surface area (Å²) in [4.78, 5) is 35.7. The second kappa shape index (κ2) is 9.02. The number of hydrogen-bond donors (Lipinski definition) is 3. The Morgan fingerprint density at radius 2 is 1.73 bits per heavy atom. The van der Waals surface area contributed by atoms with Crippen molar-refractivity contribution in [3.63, 3.8) is 0 Å². The average molecular weight is 461 g/mol. The quantitative estimate of drug-likeness (QED) is 0.514. The van der Waals surface area contributed by atoms with Crippen molar-refractivity contribution in [2.24, 2.45) is 5.73 Å². The van der Waals surface area contributed by atoms with Gasteiger partial charge in [0.1, 0.15) is 22.8 Å². The topological polar surface area (TPSA) is 142 Å². The van der Waals surface area contributed by atoms with E-state index in [1.807, 2.05) is 0 Å². The van der Waals surface area contributed by atoms with Crippen molar-refractivity contribution in [1.82, 2.24) is 15.1 Å². The van der Waals surface area contributed by atoms with Crippen LogP contribution in [0.25, 0.3) is 11.3 Å². The standard InChI is InChI=1S/C21H18F3N5O4/c1-33-14-5-3-2-4-13(14)19(31)27-10-11-6-8-12(9-7-11)16-15(18(26)30)17(25)29(28-16)20(32)21(22,23)24/h2-9H,10,25H2,1H3,(H2,26,30)(H,27,31). The third kappa shape index (κ3) is 4.79. The summed E-state index contributed by atoms with van der Waals surface area (Å²) in [5.41, 5.74) is 11.2. The van der Waals surface area contributed by atoms with Crippen LogP contribution in [0.2, 0.25) is 0 Å². The summed E-state index contributed by atoms with van der Waals surface area (Å²) in [6.07, 6.45) is -5.25. The predicted octanol–water partition coefficient (Wildman–Crippen LogP) is 2.37. The third-order valence-electron chi connectivity index (χ3n) is 4.63. The van der Waals surface area contributed by atoms with E-state index in [0.29, 0.717) is 16.9 Å². The summed E-state index contributed by atoms with van der Waals surface area (Å²) >= 11 is 0. The van der Waals surface area contributed by atoms with Crippen LogP contribution in [-0.4, -0.2) is 40.8 Å². The van der Waals surface area contributed by atoms with Crippen molar-refractivity contribution in [1.29, 1.82) is 0 Å². The van der Waals surface area contributed by atoms with Crippen LogP contribution in [0.5, 0.6) is 5.75 Å². The van der Waals surface area contributed by atoms with E-state index < -0.39 is 29.4 Å². The van der Waals surface area contributed by atoms with Gasteiger partial charge in [-0.05, 0) is 17.7 Å². The number of primary amides is 1. The lowest BCUT2D eigenvalue weighted by molar-refractivity contribution is -0.0953. The number of carbonyl (C=O) groups excluding carboxylic acids is 3. The molecule has 0 saturated carbocycles. The van der Waals surface area contributed by atoms with E-state index in [4.69, 9.17) is 16.2 Å². The lowest BCUT2D eigenvalue weighted by Crippen LogP contribution is -2.31. The number of nitrogens with zero attached hydrogens (tertiary/aromatic N) is 2. The molecule has 12 heteroatoms. The molecule has 0 bridgehead atoms. The molecule has 5 N–H and O–H groups in total. The molecular formula is C21H18F3N5O4. The molecule has 0 saturated heterocycles. The van der Waals surface area contributed by atoms with Gasteiger partial charge in [-0.25, -0.2) is 0 Å². The van der Waals surface area contributed by atoms with Gasteiger partial charge in [0, 0.05) is 12.1 Å². The highest BCUT2D eigenvalue weighted by atomic mass is 19.4. The average Bonchev–Trinajstić information content (AvgIpc) is 3.13. The van der Waals surface area contributed by atoms with Crippen molar-refractivity contribution in [2.45, 2.75) is 12.7 Å². The molecule has 0 aliphatic rings. The molecule has 0 unspecified atom stereocenters. The van der Waals surface area contributed by atoms with Crippen LogP contribution in [0.4, 0.5) is 19.0 Å². The molecule has 3 rings (SSSR count). The molecule has 0 aliphatic heterocycles. The number of nitrogens with one attached hydrogen (secondary N) is 1. The van der Waals surface area contributed by atoms with Gasteiger partial charge in [-0.3, -0.25) is 14.4 Å². The maximum Gasteiger partial charge on any atom is 0.473 e. The van der Waals surface area contributed by atoms with Crippen molar-refractivity contribution in [2.75, 3.05) is 12.8 Å². The number of carbonyl (C=O) groups is 3. The zero-order chi connectivity index (χ0) is 24.3. The lowest BCUT2D eigenvalue weighted by Gasteiger charge is -2.09. The summed E-state index contributed by atoms with van der Waals surface area (Å²) in [5.74, 6) is -4.27. The Morgan fingerprint density at radius 3 is 2.30 bits per heavy atom. The molecule has 33 heavy (non-hydrogen) atoms. The molecule has 2 amide bonds. The van der Waals surface area contributed by atoms with E-state index >= 15 is 0 Å². The Balaban J connectivity index is 1.83. The number of aromatic nitrogens is 2. The highest BCUT2D eigenvalue weighted by molar-refractivity contribution is 6.05. The molecule has 172 valence electrons. The smallest absolute Gasteiger partial charge is 0.473 e. The van der Waals surface area contributed by atoms with Gasteiger partial charge < -0.3 is 21.5 Å². The number of ether oxygens (including phenoxy) is 1. The fraction of sp³-hybridized carbons (Fsp3) is 0.143. The fourth-order valence-electron chi connectivity index (χ4n) is 3.04. The number of amides is 2. The molecule has 1 heterocycles. The Morgan fingerprint density at radius 1 is 1.09 bits per heavy atom. The van der Waals surface area contributed by atoms with Gasteiger partial charge in [-0.1, -0.05) is 36.4 Å². The van der Waals surface area contributed by atoms with Crippen molar-refractivity contribution < 1.29 is 32.3 Å². The second-order valence-corrected chi connectivity index (χ2v) is 6.77. The van der Waals surface area contributed by atoms with E-state index in [2.05, 4.69) is 10.4 Å². The molecule has 0 spiro atoms. The van der Waals surface area contributed by atoms with Gasteiger partial charge >= 0.3 is 12.1 Å². The monoisotopic (exact) mass is 461 g/mol. The van der Waals surface area contributed by atoms with Gasteiger partial charge in [-0.2, -0.15) is 23.0 Å². The summed E-state index contributed by atoms with van der Waals surface area (Å²) in [6.45, 7) is 0.128. The number of nitrogen functional groups attached to an aromatic ring is 1. The number of para-hydroxylation sites is 1. The van der Waals surface area contributed by atoms with Crippen LogP contribution >= 0.6 is 0 Å². The zero-order valence-electron chi connectivity index (χ0n) is 17.1. The number of halogens is 3. The highest BCUT2D eigenvalue weighted by Crippen LogP contribution is 2.29. The number of hydrogen-bond acceptors (Lipinski definition) is 6. The van der Waals surface area contributed by atoms with Gasteiger partial charge in [0.2, 0.25) is 0 Å². The number of methoxy groups -OCH3 is 1. The Kier molecular flexibility index (Phi) is 6.38. The molecule has 0 fully saturated rings. The van der Waals surface area contributed by atoms with E-state index in [1.54, 1.807) is 36.4 Å². The van der Waals surface area contributed by atoms with Gasteiger partial charge in [0.05, 0.1) is 12.7 Å². The highest BCUT2D eigenvalue weighted by Gasteiger charge is 2.43. The molecule has 0 radical (unpaired) electrons. The van der Waals surface area contributed by atoms with E-state index in [0.717, 1.165) is 0 Å². The first-order valence-electron chi connectivity index (χ1n) is 9.35. The molecule has 0 atom stereocenters. The molecule has 1 aromatic heterocycles. The summed E-state index contributed by atoms with van der Waals surface area (Å²) in [5, 5.41) is 6.29. The van der Waals surface area contributed by atoms with Crippen molar-refractivity contribution in [3.8, 4) is 17.0 Å². The van der Waals surface area contributed by atoms with Crippen molar-refractivity contribution >= 4 is 23.5 Å². The molecule has 9 nitrogen and oxygen atoms in total. The number of benzene rings is 2. The Labute approximate surface area is 185 Å². The Bertz CT molecular complexity index is 1220. The van der Waals surface area contributed by atoms with Crippen LogP contribution in [0.1, 0.15) is 31.1 Å². The number of rotatable bonds is 6. The lowest BCUT2D eigenvalue weighted by atomic mass is 10.0. The first-order chi connectivity index (χ1) is 15.5. The number of anilines is 1. The third-order valence-corrected chi connectivity index (χ3v) is 4.63. The maximum absolute atomic E-state index is 12.8. The minimum atomic E-state index is -5.25. The van der Waals surface area contributed by atoms with Crippen LogP contribution in [0, 0.1) is 0 Å². The molecule has 3 aromatic rings. The minimum Gasteiger partial charge on any atom is -0.496 e. The molecule has 0 aliphatic carbocycles. The van der Waals surface area contributed by atoms with Crippen LogP contribution in [-0.2, 0) is 6.54 Å². The molecule has 2 aromatic carbocycles. The summed E-state index contributed by atoms with van der Waals surface area (Å²) in [6, 6.07) is 12.7.